The average Bonchev–Trinajstić information content (AvgIpc) is 2.59. The summed E-state index contributed by atoms with van der Waals surface area (Å²) in [7, 11) is 0. The number of allylic oxidation sites excluding steroid dienone is 4. The third-order valence-corrected chi connectivity index (χ3v) is 1.46. The van der Waals surface area contributed by atoms with Crippen molar-refractivity contribution in [1.82, 2.24) is 14.8 Å². The van der Waals surface area contributed by atoms with Gasteiger partial charge in [0.1, 0.15) is 12.7 Å². The average molecular weight is 133 g/mol. The Morgan fingerprint density at radius 1 is 1.50 bits per heavy atom. The minimum Gasteiger partial charge on any atom is -0.225 e. The van der Waals surface area contributed by atoms with Gasteiger partial charge in [0, 0.05) is 12.1 Å². The molecule has 0 N–H and O–H groups in total. The van der Waals surface area contributed by atoms with E-state index in [0.717, 1.165) is 6.42 Å². The van der Waals surface area contributed by atoms with E-state index in [2.05, 4.69) is 16.2 Å². The van der Waals surface area contributed by atoms with Crippen LogP contribution >= 0.6 is 0 Å². The largest absolute Gasteiger partial charge is 0.225 e. The van der Waals surface area contributed by atoms with Gasteiger partial charge in [0.05, 0.1) is 0 Å². The van der Waals surface area contributed by atoms with Crippen molar-refractivity contribution in [3.8, 4) is 0 Å². The third-order valence-electron chi connectivity index (χ3n) is 1.46. The number of rotatable bonds is 1. The second kappa shape index (κ2) is 2.10. The predicted molar refractivity (Wildman–Crippen MR) is 38.1 cm³/mol. The van der Waals surface area contributed by atoms with Gasteiger partial charge in [-0.15, -0.1) is 0 Å². The molecule has 1 aromatic rings. The van der Waals surface area contributed by atoms with E-state index in [-0.39, 0.29) is 0 Å². The number of hydrogen-bond acceptors (Lipinski definition) is 2. The van der Waals surface area contributed by atoms with Gasteiger partial charge in [0.2, 0.25) is 0 Å². The van der Waals surface area contributed by atoms with Crippen LogP contribution in [0.15, 0.2) is 30.9 Å². The molecule has 1 aromatic heterocycles. The van der Waals surface area contributed by atoms with E-state index in [1.807, 2.05) is 12.2 Å². The maximum atomic E-state index is 4.00. The van der Waals surface area contributed by atoms with E-state index in [1.165, 1.54) is 5.70 Å². The first-order valence-electron chi connectivity index (χ1n) is 3.17. The lowest BCUT2D eigenvalue weighted by Crippen LogP contribution is -1.93. The molecule has 2 rings (SSSR count). The van der Waals surface area contributed by atoms with Crippen molar-refractivity contribution in [2.24, 2.45) is 0 Å². The number of hydrogen-bond donors (Lipinski definition) is 0. The molecule has 0 spiro atoms. The standard InChI is InChI=1S/C7H7N3/c1-2-4-7(3-1)10-6-8-5-9-10/h1-3,5-6H,4H2. The van der Waals surface area contributed by atoms with Gasteiger partial charge in [-0.3, -0.25) is 0 Å². The molecule has 10 heavy (non-hydrogen) atoms. The summed E-state index contributed by atoms with van der Waals surface area (Å²) in [5.74, 6) is 0. The monoisotopic (exact) mass is 133 g/mol. The van der Waals surface area contributed by atoms with Crippen molar-refractivity contribution in [1.29, 1.82) is 0 Å². The molecule has 0 radical (unpaired) electrons. The topological polar surface area (TPSA) is 30.7 Å². The molecule has 50 valence electrons. The molecule has 0 saturated carbocycles. The Morgan fingerprint density at radius 3 is 3.10 bits per heavy atom. The van der Waals surface area contributed by atoms with E-state index in [1.54, 1.807) is 17.3 Å². The summed E-state index contributed by atoms with van der Waals surface area (Å²) < 4.78 is 1.78. The summed E-state index contributed by atoms with van der Waals surface area (Å²) in [6, 6.07) is 0. The molecule has 0 fully saturated rings. The first kappa shape index (κ1) is 5.41. The van der Waals surface area contributed by atoms with Gasteiger partial charge in [-0.2, -0.15) is 5.10 Å². The normalized spacial score (nSPS) is 15.8. The molecule has 0 bridgehead atoms. The van der Waals surface area contributed by atoms with E-state index >= 15 is 0 Å². The van der Waals surface area contributed by atoms with Crippen LogP contribution in [0.5, 0.6) is 0 Å². The summed E-state index contributed by atoms with van der Waals surface area (Å²) >= 11 is 0. The Labute approximate surface area is 58.7 Å². The summed E-state index contributed by atoms with van der Waals surface area (Å²) in [5, 5.41) is 4.00. The van der Waals surface area contributed by atoms with Gasteiger partial charge in [-0.05, 0) is 6.08 Å². The quantitative estimate of drug-likeness (QED) is 0.574. The van der Waals surface area contributed by atoms with Crippen LogP contribution in [0, 0.1) is 0 Å². The van der Waals surface area contributed by atoms with Gasteiger partial charge in [0.15, 0.2) is 0 Å². The molecule has 0 saturated heterocycles. The predicted octanol–water partition coefficient (Wildman–Crippen LogP) is 1.08. The Balaban J connectivity index is 2.30. The molecular formula is C7H7N3. The maximum absolute atomic E-state index is 4.00. The highest BCUT2D eigenvalue weighted by Gasteiger charge is 2.00. The van der Waals surface area contributed by atoms with Gasteiger partial charge < -0.3 is 0 Å². The molecule has 3 nitrogen and oxygen atoms in total. The van der Waals surface area contributed by atoms with E-state index < -0.39 is 0 Å². The number of aromatic nitrogens is 3. The molecular weight excluding hydrogens is 126 g/mol. The lowest BCUT2D eigenvalue weighted by Gasteiger charge is -1.96. The molecule has 1 heterocycles. The zero-order valence-corrected chi connectivity index (χ0v) is 5.44. The fraction of sp³-hybridized carbons (Fsp3) is 0.143. The van der Waals surface area contributed by atoms with Gasteiger partial charge in [-0.25, -0.2) is 9.67 Å². The Morgan fingerprint density at radius 2 is 2.50 bits per heavy atom. The zero-order chi connectivity index (χ0) is 6.81. The second-order valence-electron chi connectivity index (χ2n) is 2.13. The van der Waals surface area contributed by atoms with Crippen LogP contribution in [-0.2, 0) is 0 Å². The molecule has 0 amide bonds. The minimum atomic E-state index is 0.962. The first-order valence-corrected chi connectivity index (χ1v) is 3.17. The molecule has 0 aliphatic heterocycles. The molecule has 1 aliphatic rings. The van der Waals surface area contributed by atoms with Crippen molar-refractivity contribution in [2.75, 3.05) is 0 Å². The SMILES string of the molecule is C1=CCC(n2cncn2)=C1. The van der Waals surface area contributed by atoms with Crippen molar-refractivity contribution < 1.29 is 0 Å². The van der Waals surface area contributed by atoms with Gasteiger partial charge in [0.25, 0.3) is 0 Å². The van der Waals surface area contributed by atoms with E-state index in [4.69, 9.17) is 0 Å². The lowest BCUT2D eigenvalue weighted by molar-refractivity contribution is 0.882. The highest BCUT2D eigenvalue weighted by molar-refractivity contribution is 5.52. The first-order chi connectivity index (χ1) is 4.97. The second-order valence-corrected chi connectivity index (χ2v) is 2.13. The van der Waals surface area contributed by atoms with Crippen LogP contribution in [0.1, 0.15) is 6.42 Å². The van der Waals surface area contributed by atoms with Gasteiger partial charge in [-0.1, -0.05) is 12.2 Å². The smallest absolute Gasteiger partial charge is 0.138 e. The molecule has 3 heteroatoms. The van der Waals surface area contributed by atoms with Gasteiger partial charge >= 0.3 is 0 Å². The van der Waals surface area contributed by atoms with E-state index in [9.17, 15) is 0 Å². The van der Waals surface area contributed by atoms with Crippen molar-refractivity contribution >= 4 is 5.70 Å². The minimum absolute atomic E-state index is 0.962. The van der Waals surface area contributed by atoms with Crippen LogP contribution in [0.4, 0.5) is 0 Å². The highest BCUT2D eigenvalue weighted by atomic mass is 15.3. The number of nitrogens with zero attached hydrogens (tertiary/aromatic N) is 3. The van der Waals surface area contributed by atoms with Crippen LogP contribution in [0.25, 0.3) is 5.70 Å². The fourth-order valence-corrected chi connectivity index (χ4v) is 0.962. The van der Waals surface area contributed by atoms with Crippen molar-refractivity contribution in [2.45, 2.75) is 6.42 Å². The summed E-state index contributed by atoms with van der Waals surface area (Å²) in [5.41, 5.74) is 1.18. The summed E-state index contributed by atoms with van der Waals surface area (Å²) in [4.78, 5) is 3.85. The third kappa shape index (κ3) is 0.757. The molecule has 0 unspecified atom stereocenters. The Hall–Kier alpha value is -1.38. The van der Waals surface area contributed by atoms with Crippen molar-refractivity contribution in [3.05, 3.63) is 30.9 Å². The maximum Gasteiger partial charge on any atom is 0.138 e. The van der Waals surface area contributed by atoms with E-state index in [0.29, 0.717) is 0 Å². The lowest BCUT2D eigenvalue weighted by atomic mass is 10.4. The molecule has 0 atom stereocenters. The summed E-state index contributed by atoms with van der Waals surface area (Å²) in [6.45, 7) is 0. The summed E-state index contributed by atoms with van der Waals surface area (Å²) in [6.07, 6.45) is 10.4. The molecule has 1 aliphatic carbocycles. The highest BCUT2D eigenvalue weighted by Crippen LogP contribution is 2.13. The van der Waals surface area contributed by atoms with Crippen LogP contribution in [0.3, 0.4) is 0 Å². The molecule has 0 aromatic carbocycles. The zero-order valence-electron chi connectivity index (χ0n) is 5.44. The fourth-order valence-electron chi connectivity index (χ4n) is 0.962. The van der Waals surface area contributed by atoms with Crippen LogP contribution in [-0.4, -0.2) is 14.8 Å². The van der Waals surface area contributed by atoms with Crippen LogP contribution in [0.2, 0.25) is 0 Å². The Bertz CT molecular complexity index is 269. The van der Waals surface area contributed by atoms with Crippen molar-refractivity contribution in [3.63, 3.8) is 0 Å². The van der Waals surface area contributed by atoms with Crippen LogP contribution < -0.4 is 0 Å². The Kier molecular flexibility index (Phi) is 1.13.